The van der Waals surface area contributed by atoms with Gasteiger partial charge in [0.05, 0.1) is 9.08 Å². The molecule has 1 aromatic carbocycles. The molecule has 0 unspecified atom stereocenters. The summed E-state index contributed by atoms with van der Waals surface area (Å²) in [6.45, 7) is 0.698. The molecule has 5 heteroatoms. The van der Waals surface area contributed by atoms with Crippen molar-refractivity contribution in [3.8, 4) is 0 Å². The van der Waals surface area contributed by atoms with Crippen molar-refractivity contribution in [3.63, 3.8) is 0 Å². The monoisotopic (exact) mass is 389 g/mol. The fourth-order valence-corrected chi connectivity index (χ4v) is 2.83. The van der Waals surface area contributed by atoms with E-state index in [-0.39, 0.29) is 0 Å². The lowest BCUT2D eigenvalue weighted by molar-refractivity contribution is 0.107. The Morgan fingerprint density at radius 2 is 1.89 bits per heavy atom. The minimum atomic E-state index is -0.450. The van der Waals surface area contributed by atoms with Gasteiger partial charge in [-0.05, 0) is 61.5 Å². The Balaban J connectivity index is 2.21. The Hall–Kier alpha value is -0.580. The maximum atomic E-state index is 11.3. The average molecular weight is 391 g/mol. The summed E-state index contributed by atoms with van der Waals surface area (Å²) in [6.07, 6.45) is 0.845. The van der Waals surface area contributed by atoms with Gasteiger partial charge in [0.15, 0.2) is 0 Å². The predicted octanol–water partition coefficient (Wildman–Crippen LogP) is 4.63. The Morgan fingerprint density at radius 3 is 2.50 bits per heavy atom. The maximum absolute atomic E-state index is 11.3. The average Bonchev–Trinajstić information content (AvgIpc) is 2.65. The third-order valence-electron chi connectivity index (χ3n) is 2.66. The van der Waals surface area contributed by atoms with Gasteiger partial charge in [-0.2, -0.15) is 0 Å². The zero-order valence-electron chi connectivity index (χ0n) is 9.37. The summed E-state index contributed by atoms with van der Waals surface area (Å²) in [6, 6.07) is 11.8. The molecular weight excluding hydrogens is 381 g/mol. The first kappa shape index (κ1) is 13.8. The van der Waals surface area contributed by atoms with Gasteiger partial charge in [-0.15, -0.1) is 0 Å². The van der Waals surface area contributed by atoms with Crippen LogP contribution in [0, 0.1) is 0 Å². The summed E-state index contributed by atoms with van der Waals surface area (Å²) in [5, 5.41) is -0.450. The molecule has 1 aromatic heterocycles. The van der Waals surface area contributed by atoms with E-state index < -0.39 is 5.24 Å². The molecule has 0 saturated carbocycles. The van der Waals surface area contributed by atoms with E-state index in [0.717, 1.165) is 15.5 Å². The van der Waals surface area contributed by atoms with Gasteiger partial charge < -0.3 is 4.57 Å². The van der Waals surface area contributed by atoms with Crippen molar-refractivity contribution in [1.29, 1.82) is 0 Å². The molecule has 0 aliphatic heterocycles. The zero-order chi connectivity index (χ0) is 13.1. The van der Waals surface area contributed by atoms with Crippen molar-refractivity contribution in [2.45, 2.75) is 13.0 Å². The first-order chi connectivity index (χ1) is 8.59. The summed E-state index contributed by atoms with van der Waals surface area (Å²) in [7, 11) is 0. The third kappa shape index (κ3) is 3.05. The highest BCUT2D eigenvalue weighted by atomic mass is 79.9. The van der Waals surface area contributed by atoms with Gasteiger partial charge in [-0.3, -0.25) is 4.79 Å². The summed E-state index contributed by atoms with van der Waals surface area (Å²) in [5.41, 5.74) is 1.72. The summed E-state index contributed by atoms with van der Waals surface area (Å²) in [4.78, 5) is 11.3. The number of hydrogen-bond acceptors (Lipinski definition) is 1. The first-order valence-electron chi connectivity index (χ1n) is 5.38. The standard InChI is InChI=1S/C13H10Br2ClNO/c14-10-8-11(13(16)18)17(12(10)15)7-6-9-4-2-1-3-5-9/h1-5,8H,6-7H2. The van der Waals surface area contributed by atoms with E-state index in [1.807, 2.05) is 22.8 Å². The minimum absolute atomic E-state index is 0.450. The van der Waals surface area contributed by atoms with Crippen LogP contribution >= 0.6 is 43.5 Å². The molecule has 94 valence electrons. The third-order valence-corrected chi connectivity index (χ3v) is 4.84. The molecule has 0 saturated heterocycles. The highest BCUT2D eigenvalue weighted by Gasteiger charge is 2.15. The summed E-state index contributed by atoms with van der Waals surface area (Å²) in [5.74, 6) is 0. The second kappa shape index (κ2) is 6.04. The normalized spacial score (nSPS) is 10.6. The van der Waals surface area contributed by atoms with Crippen molar-refractivity contribution in [1.82, 2.24) is 4.57 Å². The van der Waals surface area contributed by atoms with E-state index >= 15 is 0 Å². The first-order valence-corrected chi connectivity index (χ1v) is 7.34. The molecule has 0 aliphatic rings. The Labute approximate surface area is 127 Å². The lowest BCUT2D eigenvalue weighted by Crippen LogP contribution is -2.07. The van der Waals surface area contributed by atoms with Crippen LogP contribution in [0.1, 0.15) is 16.1 Å². The molecule has 18 heavy (non-hydrogen) atoms. The van der Waals surface area contributed by atoms with E-state index in [1.165, 1.54) is 5.56 Å². The molecule has 0 bridgehead atoms. The van der Waals surface area contributed by atoms with Crippen LogP contribution in [-0.4, -0.2) is 9.81 Å². The van der Waals surface area contributed by atoms with Gasteiger partial charge in [-0.1, -0.05) is 30.3 Å². The van der Waals surface area contributed by atoms with Crippen molar-refractivity contribution >= 4 is 48.7 Å². The highest BCUT2D eigenvalue weighted by molar-refractivity contribution is 9.13. The van der Waals surface area contributed by atoms with Crippen molar-refractivity contribution in [3.05, 3.63) is 56.7 Å². The van der Waals surface area contributed by atoms with Gasteiger partial charge in [0, 0.05) is 6.54 Å². The molecule has 1 heterocycles. The highest BCUT2D eigenvalue weighted by Crippen LogP contribution is 2.28. The molecule has 0 N–H and O–H groups in total. The van der Waals surface area contributed by atoms with E-state index in [0.29, 0.717) is 12.2 Å². The van der Waals surface area contributed by atoms with Crippen LogP contribution in [0.3, 0.4) is 0 Å². The van der Waals surface area contributed by atoms with E-state index in [9.17, 15) is 4.79 Å². The van der Waals surface area contributed by atoms with E-state index in [1.54, 1.807) is 6.07 Å². The number of aryl methyl sites for hydroxylation is 1. The second-order valence-electron chi connectivity index (χ2n) is 3.83. The maximum Gasteiger partial charge on any atom is 0.268 e. The number of aromatic nitrogens is 1. The quantitative estimate of drug-likeness (QED) is 0.697. The molecule has 0 atom stereocenters. The topological polar surface area (TPSA) is 22.0 Å². The Bertz CT molecular complexity index is 566. The van der Waals surface area contributed by atoms with Gasteiger partial charge in [-0.25, -0.2) is 0 Å². The number of nitrogens with zero attached hydrogens (tertiary/aromatic N) is 1. The molecule has 0 radical (unpaired) electrons. The molecule has 2 aromatic rings. The second-order valence-corrected chi connectivity index (χ2v) is 5.78. The SMILES string of the molecule is O=C(Cl)c1cc(Br)c(Br)n1CCc1ccccc1. The van der Waals surface area contributed by atoms with Gasteiger partial charge >= 0.3 is 0 Å². The minimum Gasteiger partial charge on any atom is -0.331 e. The molecule has 0 amide bonds. The van der Waals surface area contributed by atoms with Crippen molar-refractivity contribution < 1.29 is 4.79 Å². The molecular formula is C13H10Br2ClNO. The van der Waals surface area contributed by atoms with Crippen LogP contribution in [0.15, 0.2) is 45.5 Å². The Morgan fingerprint density at radius 1 is 1.22 bits per heavy atom. The number of carbonyl (C=O) groups excluding carboxylic acids is 1. The Kier molecular flexibility index (Phi) is 4.65. The van der Waals surface area contributed by atoms with Gasteiger partial charge in [0.25, 0.3) is 5.24 Å². The molecule has 2 nitrogen and oxygen atoms in total. The summed E-state index contributed by atoms with van der Waals surface area (Å²) >= 11 is 12.4. The molecule has 0 fully saturated rings. The summed E-state index contributed by atoms with van der Waals surface area (Å²) < 4.78 is 3.54. The van der Waals surface area contributed by atoms with Crippen molar-refractivity contribution in [2.24, 2.45) is 0 Å². The van der Waals surface area contributed by atoms with Crippen LogP contribution in [0.5, 0.6) is 0 Å². The van der Waals surface area contributed by atoms with Gasteiger partial charge in [0.1, 0.15) is 5.69 Å². The number of benzene rings is 1. The molecule has 2 rings (SSSR count). The van der Waals surface area contributed by atoms with Crippen LogP contribution in [0.2, 0.25) is 0 Å². The molecule has 0 spiro atoms. The number of rotatable bonds is 4. The van der Waals surface area contributed by atoms with Gasteiger partial charge in [0.2, 0.25) is 0 Å². The van der Waals surface area contributed by atoms with Crippen LogP contribution in [-0.2, 0) is 13.0 Å². The van der Waals surface area contributed by atoms with Crippen LogP contribution in [0.25, 0.3) is 0 Å². The lowest BCUT2D eigenvalue weighted by atomic mass is 10.1. The largest absolute Gasteiger partial charge is 0.331 e. The fourth-order valence-electron chi connectivity index (χ4n) is 1.76. The van der Waals surface area contributed by atoms with Crippen LogP contribution in [0.4, 0.5) is 0 Å². The zero-order valence-corrected chi connectivity index (χ0v) is 13.3. The van der Waals surface area contributed by atoms with Crippen molar-refractivity contribution in [2.75, 3.05) is 0 Å². The van der Waals surface area contributed by atoms with E-state index in [4.69, 9.17) is 11.6 Å². The number of carbonyl (C=O) groups is 1. The smallest absolute Gasteiger partial charge is 0.268 e. The fraction of sp³-hybridized carbons (Fsp3) is 0.154. The van der Waals surface area contributed by atoms with E-state index in [2.05, 4.69) is 44.0 Å². The number of hydrogen-bond donors (Lipinski definition) is 0. The molecule has 0 aliphatic carbocycles. The predicted molar refractivity (Wildman–Crippen MR) is 80.2 cm³/mol. The lowest BCUT2D eigenvalue weighted by Gasteiger charge is -2.08. The number of halogens is 3. The van der Waals surface area contributed by atoms with Crippen LogP contribution < -0.4 is 0 Å².